The van der Waals surface area contributed by atoms with E-state index in [1.54, 1.807) is 61.7 Å². The van der Waals surface area contributed by atoms with E-state index in [9.17, 15) is 9.59 Å². The van der Waals surface area contributed by atoms with Gasteiger partial charge in [-0.3, -0.25) is 4.79 Å². The number of anilines is 1. The number of nitrogens with zero attached hydrogens (tertiary/aromatic N) is 2. The molecule has 2 rings (SSSR count). The summed E-state index contributed by atoms with van der Waals surface area (Å²) in [6, 6.07) is 18.1. The second-order valence-electron chi connectivity index (χ2n) is 5.50. The first-order valence-corrected chi connectivity index (χ1v) is 8.35. The van der Waals surface area contributed by atoms with Gasteiger partial charge in [0.15, 0.2) is 6.61 Å². The Balaban J connectivity index is 1.92. The highest BCUT2D eigenvalue weighted by molar-refractivity contribution is 5.96. The SMILES string of the molecule is COc1ccc(/C=C/C(=O)OCC(=O)N(CCC#N)c2ccccc2)cc1. The third-order valence-electron chi connectivity index (χ3n) is 3.68. The first-order valence-electron chi connectivity index (χ1n) is 8.35. The van der Waals surface area contributed by atoms with Crippen molar-refractivity contribution in [2.75, 3.05) is 25.2 Å². The van der Waals surface area contributed by atoms with Gasteiger partial charge in [0.25, 0.3) is 5.91 Å². The molecule has 0 radical (unpaired) electrons. The zero-order chi connectivity index (χ0) is 19.5. The molecule has 0 N–H and O–H groups in total. The first-order chi connectivity index (χ1) is 13.1. The van der Waals surface area contributed by atoms with Gasteiger partial charge < -0.3 is 14.4 Å². The Bertz CT molecular complexity index is 824. The van der Waals surface area contributed by atoms with Crippen molar-refractivity contribution in [2.24, 2.45) is 0 Å². The van der Waals surface area contributed by atoms with Crippen LogP contribution >= 0.6 is 0 Å². The minimum absolute atomic E-state index is 0.186. The smallest absolute Gasteiger partial charge is 0.331 e. The molecular formula is C21H20N2O4. The van der Waals surface area contributed by atoms with Crippen molar-refractivity contribution in [3.63, 3.8) is 0 Å². The molecule has 0 saturated heterocycles. The van der Waals surface area contributed by atoms with Crippen LogP contribution in [-0.2, 0) is 14.3 Å². The topological polar surface area (TPSA) is 79.6 Å². The van der Waals surface area contributed by atoms with Crippen LogP contribution in [0.5, 0.6) is 5.75 Å². The van der Waals surface area contributed by atoms with Crippen molar-refractivity contribution >= 4 is 23.6 Å². The van der Waals surface area contributed by atoms with Gasteiger partial charge in [-0.2, -0.15) is 5.26 Å². The number of nitriles is 1. The number of para-hydroxylation sites is 1. The predicted octanol–water partition coefficient (Wildman–Crippen LogP) is 3.20. The first kappa shape index (κ1) is 19.7. The fourth-order valence-corrected chi connectivity index (χ4v) is 2.31. The molecule has 0 aliphatic heterocycles. The molecular weight excluding hydrogens is 344 g/mol. The van der Waals surface area contributed by atoms with E-state index in [4.69, 9.17) is 14.7 Å². The number of methoxy groups -OCH3 is 1. The normalized spacial score (nSPS) is 10.2. The standard InChI is InChI=1S/C21H20N2O4/c1-26-19-11-8-17(9-12-19)10-13-21(25)27-16-20(24)23(15-5-14-22)18-6-3-2-4-7-18/h2-4,6-13H,5,15-16H2,1H3/b13-10+. The van der Waals surface area contributed by atoms with Gasteiger partial charge in [-0.05, 0) is 35.9 Å². The van der Waals surface area contributed by atoms with Gasteiger partial charge in [0, 0.05) is 18.3 Å². The largest absolute Gasteiger partial charge is 0.497 e. The van der Waals surface area contributed by atoms with Gasteiger partial charge >= 0.3 is 5.97 Å². The summed E-state index contributed by atoms with van der Waals surface area (Å²) in [6.45, 7) is -0.162. The predicted molar refractivity (Wildman–Crippen MR) is 102 cm³/mol. The summed E-state index contributed by atoms with van der Waals surface area (Å²) < 4.78 is 10.1. The number of rotatable bonds is 8. The number of carbonyl (C=O) groups is 2. The summed E-state index contributed by atoms with van der Waals surface area (Å²) in [7, 11) is 1.58. The summed E-state index contributed by atoms with van der Waals surface area (Å²) in [6.07, 6.45) is 3.04. The summed E-state index contributed by atoms with van der Waals surface area (Å²) >= 11 is 0. The lowest BCUT2D eigenvalue weighted by Crippen LogP contribution is -2.35. The van der Waals surface area contributed by atoms with Crippen molar-refractivity contribution < 1.29 is 19.1 Å². The van der Waals surface area contributed by atoms with Crippen LogP contribution in [0.4, 0.5) is 5.69 Å². The van der Waals surface area contributed by atoms with E-state index in [2.05, 4.69) is 0 Å². The lowest BCUT2D eigenvalue weighted by Gasteiger charge is -2.21. The lowest BCUT2D eigenvalue weighted by molar-refractivity contribution is -0.142. The number of esters is 1. The van der Waals surface area contributed by atoms with Gasteiger partial charge in [0.05, 0.1) is 19.6 Å². The van der Waals surface area contributed by atoms with Crippen LogP contribution in [0.1, 0.15) is 12.0 Å². The van der Waals surface area contributed by atoms with E-state index in [1.165, 1.54) is 11.0 Å². The van der Waals surface area contributed by atoms with E-state index < -0.39 is 12.6 Å². The van der Waals surface area contributed by atoms with Crippen LogP contribution in [0.15, 0.2) is 60.7 Å². The summed E-state index contributed by atoms with van der Waals surface area (Å²) in [4.78, 5) is 25.7. The Hall–Kier alpha value is -3.59. The van der Waals surface area contributed by atoms with Crippen LogP contribution in [0.25, 0.3) is 6.08 Å². The number of hydrogen-bond acceptors (Lipinski definition) is 5. The number of hydrogen-bond donors (Lipinski definition) is 0. The summed E-state index contributed by atoms with van der Waals surface area (Å²) in [5, 5.41) is 8.78. The van der Waals surface area contributed by atoms with Crippen LogP contribution in [-0.4, -0.2) is 32.1 Å². The van der Waals surface area contributed by atoms with Gasteiger partial charge in [-0.15, -0.1) is 0 Å². The molecule has 0 fully saturated rings. The highest BCUT2D eigenvalue weighted by atomic mass is 16.5. The molecule has 0 aliphatic carbocycles. The molecule has 6 nitrogen and oxygen atoms in total. The minimum atomic E-state index is -0.618. The summed E-state index contributed by atoms with van der Waals surface area (Å²) in [5.41, 5.74) is 1.46. The Morgan fingerprint density at radius 1 is 1.11 bits per heavy atom. The number of ether oxygens (including phenoxy) is 2. The third kappa shape index (κ3) is 6.33. The van der Waals surface area contributed by atoms with Crippen molar-refractivity contribution in [1.82, 2.24) is 0 Å². The molecule has 2 aromatic rings. The van der Waals surface area contributed by atoms with E-state index in [-0.39, 0.29) is 18.9 Å². The highest BCUT2D eigenvalue weighted by Crippen LogP contribution is 2.14. The second kappa shape index (κ2) is 10.4. The van der Waals surface area contributed by atoms with Gasteiger partial charge in [0.1, 0.15) is 5.75 Å². The molecule has 1 amide bonds. The number of carbonyl (C=O) groups excluding carboxylic acids is 2. The molecule has 0 atom stereocenters. The maximum absolute atomic E-state index is 12.4. The maximum Gasteiger partial charge on any atom is 0.331 e. The molecule has 0 aromatic heterocycles. The van der Waals surface area contributed by atoms with Gasteiger partial charge in [-0.1, -0.05) is 30.3 Å². The zero-order valence-corrected chi connectivity index (χ0v) is 15.0. The molecule has 0 spiro atoms. The molecule has 2 aromatic carbocycles. The molecule has 138 valence electrons. The van der Waals surface area contributed by atoms with Crippen molar-refractivity contribution in [3.05, 3.63) is 66.2 Å². The molecule has 0 aliphatic rings. The van der Waals surface area contributed by atoms with E-state index in [0.29, 0.717) is 5.69 Å². The van der Waals surface area contributed by atoms with E-state index in [0.717, 1.165) is 11.3 Å². The Labute approximate surface area is 158 Å². The molecule has 27 heavy (non-hydrogen) atoms. The molecule has 0 bridgehead atoms. The Kier molecular flexibility index (Phi) is 7.61. The quantitative estimate of drug-likeness (QED) is 0.531. The average Bonchev–Trinajstić information content (AvgIpc) is 2.72. The maximum atomic E-state index is 12.4. The highest BCUT2D eigenvalue weighted by Gasteiger charge is 2.16. The fraction of sp³-hybridized carbons (Fsp3) is 0.190. The fourth-order valence-electron chi connectivity index (χ4n) is 2.31. The third-order valence-corrected chi connectivity index (χ3v) is 3.68. The van der Waals surface area contributed by atoms with Crippen LogP contribution in [0.3, 0.4) is 0 Å². The van der Waals surface area contributed by atoms with E-state index >= 15 is 0 Å². The molecule has 6 heteroatoms. The summed E-state index contributed by atoms with van der Waals surface area (Å²) in [5.74, 6) is -0.284. The number of amides is 1. The van der Waals surface area contributed by atoms with Crippen LogP contribution < -0.4 is 9.64 Å². The van der Waals surface area contributed by atoms with Gasteiger partial charge in [0.2, 0.25) is 0 Å². The molecule has 0 unspecified atom stereocenters. The molecule has 0 heterocycles. The van der Waals surface area contributed by atoms with Crippen molar-refractivity contribution in [3.8, 4) is 11.8 Å². The Morgan fingerprint density at radius 3 is 2.44 bits per heavy atom. The minimum Gasteiger partial charge on any atom is -0.497 e. The molecule has 0 saturated carbocycles. The monoisotopic (exact) mass is 364 g/mol. The zero-order valence-electron chi connectivity index (χ0n) is 15.0. The van der Waals surface area contributed by atoms with E-state index in [1.807, 2.05) is 12.1 Å². The Morgan fingerprint density at radius 2 is 1.81 bits per heavy atom. The van der Waals surface area contributed by atoms with Crippen molar-refractivity contribution in [2.45, 2.75) is 6.42 Å². The second-order valence-corrected chi connectivity index (χ2v) is 5.50. The van der Waals surface area contributed by atoms with Gasteiger partial charge in [-0.25, -0.2) is 4.79 Å². The lowest BCUT2D eigenvalue weighted by atomic mass is 10.2. The number of benzene rings is 2. The van der Waals surface area contributed by atoms with Crippen LogP contribution in [0.2, 0.25) is 0 Å². The van der Waals surface area contributed by atoms with Crippen molar-refractivity contribution in [1.29, 1.82) is 5.26 Å². The van der Waals surface area contributed by atoms with Crippen LogP contribution in [0, 0.1) is 11.3 Å². The average molecular weight is 364 g/mol.